The van der Waals surface area contributed by atoms with E-state index in [1.54, 1.807) is 6.20 Å². The number of piperazine rings is 1. The number of likely N-dealkylation sites (N-methyl/N-ethyl adjacent to an activating group) is 1. The number of aromatic nitrogens is 1. The molecule has 1 amide bonds. The van der Waals surface area contributed by atoms with Gasteiger partial charge in [-0.2, -0.15) is 0 Å². The highest BCUT2D eigenvalue weighted by atomic mass is 16.2. The molecule has 5 nitrogen and oxygen atoms in total. The van der Waals surface area contributed by atoms with E-state index in [1.165, 1.54) is 0 Å². The van der Waals surface area contributed by atoms with Gasteiger partial charge in [-0.25, -0.2) is 0 Å². The predicted octanol–water partition coefficient (Wildman–Crippen LogP) is 0.462. The highest BCUT2D eigenvalue weighted by Crippen LogP contribution is 2.19. The minimum atomic E-state index is -0.0922. The molecule has 5 heteroatoms. The summed E-state index contributed by atoms with van der Waals surface area (Å²) in [5.74, 6) is 0.176. The van der Waals surface area contributed by atoms with Gasteiger partial charge in [0.05, 0.1) is 6.04 Å². The normalized spacial score (nSPS) is 24.8. The molecule has 19 heavy (non-hydrogen) atoms. The Hall–Kier alpha value is -1.46. The smallest absolute Gasteiger partial charge is 0.240 e. The van der Waals surface area contributed by atoms with Crippen LogP contribution in [0, 0.1) is 0 Å². The number of nitrogens with zero attached hydrogens (tertiary/aromatic N) is 3. The zero-order valence-corrected chi connectivity index (χ0v) is 11.6. The summed E-state index contributed by atoms with van der Waals surface area (Å²) in [5.41, 5.74) is 6.69. The van der Waals surface area contributed by atoms with Gasteiger partial charge < -0.3 is 10.6 Å². The minimum Gasteiger partial charge on any atom is -0.335 e. The van der Waals surface area contributed by atoms with Gasteiger partial charge in [-0.1, -0.05) is 6.07 Å². The summed E-state index contributed by atoms with van der Waals surface area (Å²) in [6.45, 7) is 4.07. The molecule has 0 bridgehead atoms. The minimum absolute atomic E-state index is 0.0922. The van der Waals surface area contributed by atoms with Gasteiger partial charge in [0.25, 0.3) is 0 Å². The van der Waals surface area contributed by atoms with Gasteiger partial charge in [-0.3, -0.25) is 14.7 Å². The van der Waals surface area contributed by atoms with Crippen LogP contribution in [0.1, 0.15) is 18.9 Å². The maximum Gasteiger partial charge on any atom is 0.240 e. The fourth-order valence-electron chi connectivity index (χ4n) is 2.57. The van der Waals surface area contributed by atoms with Crippen molar-refractivity contribution in [3.05, 3.63) is 30.1 Å². The van der Waals surface area contributed by atoms with Crippen molar-refractivity contribution < 1.29 is 4.79 Å². The van der Waals surface area contributed by atoms with Gasteiger partial charge in [-0.05, 0) is 38.6 Å². The highest BCUT2D eigenvalue weighted by molar-refractivity contribution is 5.82. The van der Waals surface area contributed by atoms with Crippen LogP contribution in [0.25, 0.3) is 0 Å². The van der Waals surface area contributed by atoms with Crippen molar-refractivity contribution in [2.24, 2.45) is 5.73 Å². The van der Waals surface area contributed by atoms with Crippen LogP contribution in [0.5, 0.6) is 0 Å². The Balaban J connectivity index is 2.10. The molecule has 1 fully saturated rings. The van der Waals surface area contributed by atoms with Crippen LogP contribution in [0.4, 0.5) is 0 Å². The van der Waals surface area contributed by atoms with Crippen LogP contribution in [-0.2, 0) is 11.3 Å². The molecule has 1 aliphatic heterocycles. The number of carbonyl (C=O) groups is 1. The van der Waals surface area contributed by atoms with E-state index in [0.717, 1.165) is 12.1 Å². The van der Waals surface area contributed by atoms with E-state index in [1.807, 2.05) is 30.3 Å². The Morgan fingerprint density at radius 2 is 2.32 bits per heavy atom. The van der Waals surface area contributed by atoms with E-state index >= 15 is 0 Å². The average molecular weight is 262 g/mol. The third-order valence-corrected chi connectivity index (χ3v) is 3.80. The summed E-state index contributed by atoms with van der Waals surface area (Å²) in [7, 11) is 2.00. The lowest BCUT2D eigenvalue weighted by atomic mass is 10.0. The molecule has 1 saturated heterocycles. The van der Waals surface area contributed by atoms with Crippen molar-refractivity contribution in [3.8, 4) is 0 Å². The number of rotatable bonds is 4. The second kappa shape index (κ2) is 6.12. The SMILES string of the molecule is CC1CN(Cc2cccnc2)C(=O)C(CCN)N1C. The summed E-state index contributed by atoms with van der Waals surface area (Å²) in [4.78, 5) is 20.6. The standard InChI is InChI=1S/C14H22N4O/c1-11-9-18(10-12-4-3-7-16-8-12)14(19)13(5-6-15)17(11)2/h3-4,7-8,11,13H,5-6,9-10,15H2,1-2H3. The van der Waals surface area contributed by atoms with E-state index in [-0.39, 0.29) is 11.9 Å². The number of carbonyl (C=O) groups excluding carboxylic acids is 1. The first kappa shape index (κ1) is 14.0. The molecule has 2 rings (SSSR count). The predicted molar refractivity (Wildman–Crippen MR) is 74.3 cm³/mol. The summed E-state index contributed by atoms with van der Waals surface area (Å²) in [6, 6.07) is 4.16. The number of hydrogen-bond donors (Lipinski definition) is 1. The lowest BCUT2D eigenvalue weighted by Gasteiger charge is -2.43. The van der Waals surface area contributed by atoms with Crippen molar-refractivity contribution in [1.29, 1.82) is 0 Å². The summed E-state index contributed by atoms with van der Waals surface area (Å²) in [5, 5.41) is 0. The van der Waals surface area contributed by atoms with Gasteiger partial charge >= 0.3 is 0 Å². The summed E-state index contributed by atoms with van der Waals surface area (Å²) in [6.07, 6.45) is 4.27. The third kappa shape index (κ3) is 3.11. The second-order valence-corrected chi connectivity index (χ2v) is 5.19. The number of nitrogens with two attached hydrogens (primary N) is 1. The maximum atomic E-state index is 12.5. The molecule has 1 aromatic rings. The molecule has 2 unspecified atom stereocenters. The van der Waals surface area contributed by atoms with E-state index in [4.69, 9.17) is 5.73 Å². The quantitative estimate of drug-likeness (QED) is 0.856. The summed E-state index contributed by atoms with van der Waals surface area (Å²) < 4.78 is 0. The molecular formula is C14H22N4O. The maximum absolute atomic E-state index is 12.5. The van der Waals surface area contributed by atoms with Crippen molar-refractivity contribution in [3.63, 3.8) is 0 Å². The van der Waals surface area contributed by atoms with E-state index < -0.39 is 0 Å². The van der Waals surface area contributed by atoms with Crippen LogP contribution < -0.4 is 5.73 Å². The van der Waals surface area contributed by atoms with Crippen LogP contribution in [0.3, 0.4) is 0 Å². The number of hydrogen-bond acceptors (Lipinski definition) is 4. The van der Waals surface area contributed by atoms with Gasteiger partial charge in [0.2, 0.25) is 5.91 Å². The van der Waals surface area contributed by atoms with Gasteiger partial charge in [0.1, 0.15) is 0 Å². The molecule has 2 N–H and O–H groups in total. The van der Waals surface area contributed by atoms with Gasteiger partial charge in [0, 0.05) is 31.5 Å². The molecule has 0 saturated carbocycles. The Morgan fingerprint density at radius 3 is 2.95 bits per heavy atom. The molecule has 0 aliphatic carbocycles. The van der Waals surface area contributed by atoms with Crippen molar-refractivity contribution in [2.75, 3.05) is 20.1 Å². The molecule has 2 atom stereocenters. The molecule has 104 valence electrons. The molecule has 1 aliphatic rings. The fourth-order valence-corrected chi connectivity index (χ4v) is 2.57. The molecule has 0 aromatic carbocycles. The van der Waals surface area contributed by atoms with Crippen LogP contribution >= 0.6 is 0 Å². The molecular weight excluding hydrogens is 240 g/mol. The average Bonchev–Trinajstić information content (AvgIpc) is 2.42. The zero-order chi connectivity index (χ0) is 13.8. The van der Waals surface area contributed by atoms with E-state index in [0.29, 0.717) is 25.6 Å². The topological polar surface area (TPSA) is 62.5 Å². The number of amides is 1. The Kier molecular flexibility index (Phi) is 4.50. The zero-order valence-electron chi connectivity index (χ0n) is 11.6. The molecule has 0 radical (unpaired) electrons. The van der Waals surface area contributed by atoms with Crippen molar-refractivity contribution >= 4 is 5.91 Å². The van der Waals surface area contributed by atoms with Crippen LogP contribution in [0.15, 0.2) is 24.5 Å². The lowest BCUT2D eigenvalue weighted by Crippen LogP contribution is -2.59. The monoisotopic (exact) mass is 262 g/mol. The van der Waals surface area contributed by atoms with Crippen molar-refractivity contribution in [2.45, 2.75) is 32.0 Å². The molecule has 1 aromatic heterocycles. The first-order chi connectivity index (χ1) is 9.13. The Morgan fingerprint density at radius 1 is 1.53 bits per heavy atom. The van der Waals surface area contributed by atoms with E-state index in [2.05, 4.69) is 16.8 Å². The van der Waals surface area contributed by atoms with Crippen molar-refractivity contribution in [1.82, 2.24) is 14.8 Å². The fraction of sp³-hybridized carbons (Fsp3) is 0.571. The first-order valence-corrected chi connectivity index (χ1v) is 6.73. The third-order valence-electron chi connectivity index (χ3n) is 3.80. The second-order valence-electron chi connectivity index (χ2n) is 5.19. The largest absolute Gasteiger partial charge is 0.335 e. The Labute approximate surface area is 114 Å². The molecule has 0 spiro atoms. The number of pyridine rings is 1. The van der Waals surface area contributed by atoms with Crippen LogP contribution in [-0.4, -0.2) is 52.9 Å². The van der Waals surface area contributed by atoms with Gasteiger partial charge in [0.15, 0.2) is 0 Å². The van der Waals surface area contributed by atoms with Gasteiger partial charge in [-0.15, -0.1) is 0 Å². The Bertz CT molecular complexity index is 423. The van der Waals surface area contributed by atoms with E-state index in [9.17, 15) is 4.79 Å². The first-order valence-electron chi connectivity index (χ1n) is 6.73. The highest BCUT2D eigenvalue weighted by Gasteiger charge is 2.35. The lowest BCUT2D eigenvalue weighted by molar-refractivity contribution is -0.144. The van der Waals surface area contributed by atoms with Crippen LogP contribution in [0.2, 0.25) is 0 Å². The molecule has 2 heterocycles. The summed E-state index contributed by atoms with van der Waals surface area (Å²) >= 11 is 0.